The standard InChI is InChI=1S/C18H23ClN4O2S/c1-11(2)8-9-26-18-20-15-14(16(24)21-17(25)22(15)3)23(18)10-12-4-6-13(19)7-5-12/h4-7,11,14-15H,8-10H2,1-3H3,(H,21,24,25). The number of aliphatic imine (C=N–C) groups is 1. The molecule has 1 N–H and O–H groups in total. The Hall–Kier alpha value is -1.73. The molecule has 2 atom stereocenters. The molecule has 6 nitrogen and oxygen atoms in total. The van der Waals surface area contributed by atoms with Crippen LogP contribution >= 0.6 is 23.4 Å². The second-order valence-electron chi connectivity index (χ2n) is 6.96. The minimum Gasteiger partial charge on any atom is -0.331 e. The lowest BCUT2D eigenvalue weighted by Crippen LogP contribution is -2.63. The number of halogens is 1. The van der Waals surface area contributed by atoms with Gasteiger partial charge in [-0.3, -0.25) is 10.1 Å². The number of likely N-dealkylation sites (N-methyl/N-ethyl adjacent to an activating group) is 1. The Balaban J connectivity index is 1.83. The molecule has 0 saturated carbocycles. The van der Waals surface area contributed by atoms with E-state index < -0.39 is 18.2 Å². The Kier molecular flexibility index (Phi) is 5.77. The Morgan fingerprint density at radius 2 is 1.96 bits per heavy atom. The second kappa shape index (κ2) is 7.88. The van der Waals surface area contributed by atoms with Crippen LogP contribution in [0.4, 0.5) is 4.79 Å². The Labute approximate surface area is 163 Å². The third kappa shape index (κ3) is 3.99. The summed E-state index contributed by atoms with van der Waals surface area (Å²) in [6.45, 7) is 4.91. The van der Waals surface area contributed by atoms with Crippen LogP contribution in [-0.4, -0.2) is 51.9 Å². The molecule has 2 aliphatic heterocycles. The summed E-state index contributed by atoms with van der Waals surface area (Å²) in [6, 6.07) is 6.66. The van der Waals surface area contributed by atoms with Gasteiger partial charge < -0.3 is 9.80 Å². The summed E-state index contributed by atoms with van der Waals surface area (Å²) in [5.74, 6) is 1.23. The first kappa shape index (κ1) is 19.0. The highest BCUT2D eigenvalue weighted by Crippen LogP contribution is 2.30. The molecule has 3 rings (SSSR count). The fourth-order valence-electron chi connectivity index (χ4n) is 2.96. The number of nitrogens with zero attached hydrogens (tertiary/aromatic N) is 3. The smallest absolute Gasteiger partial charge is 0.325 e. The van der Waals surface area contributed by atoms with Crippen molar-refractivity contribution in [1.82, 2.24) is 15.1 Å². The summed E-state index contributed by atoms with van der Waals surface area (Å²) < 4.78 is 0. The number of carbonyl (C=O) groups excluding carboxylic acids is 2. The van der Waals surface area contributed by atoms with Gasteiger partial charge in [-0.2, -0.15) is 0 Å². The second-order valence-corrected chi connectivity index (χ2v) is 8.46. The van der Waals surface area contributed by atoms with Crippen molar-refractivity contribution in [3.63, 3.8) is 0 Å². The van der Waals surface area contributed by atoms with Crippen molar-refractivity contribution < 1.29 is 9.59 Å². The third-order valence-corrected chi connectivity index (χ3v) is 5.80. The van der Waals surface area contributed by atoms with Crippen molar-refractivity contribution in [2.45, 2.75) is 39.0 Å². The molecule has 1 aromatic carbocycles. The lowest BCUT2D eigenvalue weighted by Gasteiger charge is -2.36. The molecule has 1 aromatic rings. The van der Waals surface area contributed by atoms with Crippen molar-refractivity contribution in [3.05, 3.63) is 34.9 Å². The normalized spacial score (nSPS) is 22.6. The number of fused-ring (bicyclic) bond motifs is 1. The molecule has 0 bridgehead atoms. The molecule has 2 unspecified atom stereocenters. The van der Waals surface area contributed by atoms with E-state index in [1.807, 2.05) is 29.2 Å². The van der Waals surface area contributed by atoms with E-state index in [-0.39, 0.29) is 5.91 Å². The highest BCUT2D eigenvalue weighted by Gasteiger charge is 2.48. The van der Waals surface area contributed by atoms with E-state index in [2.05, 4.69) is 19.2 Å². The fourth-order valence-corrected chi connectivity index (χ4v) is 4.38. The number of imide groups is 1. The van der Waals surface area contributed by atoms with Crippen molar-refractivity contribution in [3.8, 4) is 0 Å². The topological polar surface area (TPSA) is 65.0 Å². The van der Waals surface area contributed by atoms with Crippen LogP contribution in [0.25, 0.3) is 0 Å². The van der Waals surface area contributed by atoms with Crippen molar-refractivity contribution in [2.75, 3.05) is 12.8 Å². The SMILES string of the molecule is CC(C)CCSC1=NC2C(C(=O)NC(=O)N2C)N1Cc1ccc(Cl)cc1. The first-order valence-electron chi connectivity index (χ1n) is 8.66. The first-order valence-corrected chi connectivity index (χ1v) is 10.0. The summed E-state index contributed by atoms with van der Waals surface area (Å²) in [6.07, 6.45) is 0.583. The Morgan fingerprint density at radius 1 is 1.27 bits per heavy atom. The minimum absolute atomic E-state index is 0.296. The van der Waals surface area contributed by atoms with Gasteiger partial charge in [0.05, 0.1) is 0 Å². The molecule has 0 aromatic heterocycles. The molecule has 0 radical (unpaired) electrons. The quantitative estimate of drug-likeness (QED) is 0.833. The summed E-state index contributed by atoms with van der Waals surface area (Å²) in [5.41, 5.74) is 1.04. The van der Waals surface area contributed by atoms with Crippen molar-refractivity contribution >= 4 is 40.5 Å². The van der Waals surface area contributed by atoms with Crippen molar-refractivity contribution in [1.29, 1.82) is 0 Å². The maximum atomic E-state index is 12.5. The molecule has 8 heteroatoms. The van der Waals surface area contributed by atoms with E-state index in [1.54, 1.807) is 18.8 Å². The maximum absolute atomic E-state index is 12.5. The van der Waals surface area contributed by atoms with E-state index in [0.29, 0.717) is 17.5 Å². The molecule has 1 fully saturated rings. The van der Waals surface area contributed by atoms with Gasteiger partial charge in [0.25, 0.3) is 5.91 Å². The largest absolute Gasteiger partial charge is 0.331 e. The van der Waals surface area contributed by atoms with Crippen LogP contribution in [0.15, 0.2) is 29.3 Å². The summed E-state index contributed by atoms with van der Waals surface area (Å²) in [4.78, 5) is 32.7. The minimum atomic E-state index is -0.505. The number of benzene rings is 1. The first-order chi connectivity index (χ1) is 12.4. The number of thioether (sulfide) groups is 1. The average Bonchev–Trinajstić information content (AvgIpc) is 2.94. The number of urea groups is 1. The number of amidine groups is 1. The fraction of sp³-hybridized carbons (Fsp3) is 0.500. The Morgan fingerprint density at radius 3 is 2.62 bits per heavy atom. The molecule has 3 amide bonds. The number of amides is 3. The van der Waals surface area contributed by atoms with Gasteiger partial charge in [0, 0.05) is 24.4 Å². The third-order valence-electron chi connectivity index (χ3n) is 4.52. The van der Waals surface area contributed by atoms with Crippen LogP contribution in [0.1, 0.15) is 25.8 Å². The number of carbonyl (C=O) groups is 2. The number of hydrogen-bond acceptors (Lipinski definition) is 5. The van der Waals surface area contributed by atoms with Crippen LogP contribution < -0.4 is 5.32 Å². The molecule has 2 heterocycles. The van der Waals surface area contributed by atoms with Crippen LogP contribution in [-0.2, 0) is 11.3 Å². The van der Waals surface area contributed by atoms with Gasteiger partial charge in [0.1, 0.15) is 0 Å². The van der Waals surface area contributed by atoms with Crippen LogP contribution in [0.3, 0.4) is 0 Å². The van der Waals surface area contributed by atoms with E-state index in [0.717, 1.165) is 22.9 Å². The lowest BCUT2D eigenvalue weighted by molar-refractivity contribution is -0.127. The monoisotopic (exact) mass is 394 g/mol. The van der Waals surface area contributed by atoms with E-state index in [9.17, 15) is 9.59 Å². The molecule has 26 heavy (non-hydrogen) atoms. The highest BCUT2D eigenvalue weighted by atomic mass is 35.5. The zero-order valence-electron chi connectivity index (χ0n) is 15.1. The Bertz CT molecular complexity index is 722. The van der Waals surface area contributed by atoms with E-state index >= 15 is 0 Å². The molecule has 0 aliphatic carbocycles. The molecular weight excluding hydrogens is 372 g/mol. The lowest BCUT2D eigenvalue weighted by atomic mass is 10.1. The van der Waals surface area contributed by atoms with Gasteiger partial charge in [-0.1, -0.05) is 49.3 Å². The average molecular weight is 395 g/mol. The predicted octanol–water partition coefficient (Wildman–Crippen LogP) is 3.17. The summed E-state index contributed by atoms with van der Waals surface area (Å²) in [5, 5.41) is 3.91. The number of nitrogens with one attached hydrogen (secondary N) is 1. The van der Waals surface area contributed by atoms with Gasteiger partial charge >= 0.3 is 6.03 Å². The van der Waals surface area contributed by atoms with Crippen LogP contribution in [0, 0.1) is 5.92 Å². The highest BCUT2D eigenvalue weighted by molar-refractivity contribution is 8.13. The zero-order valence-corrected chi connectivity index (χ0v) is 16.7. The van der Waals surface area contributed by atoms with Gasteiger partial charge in [-0.25, -0.2) is 9.79 Å². The van der Waals surface area contributed by atoms with Gasteiger partial charge in [0.2, 0.25) is 0 Å². The van der Waals surface area contributed by atoms with E-state index in [1.165, 1.54) is 4.90 Å². The summed E-state index contributed by atoms with van der Waals surface area (Å²) in [7, 11) is 1.67. The van der Waals surface area contributed by atoms with Gasteiger partial charge in [-0.05, 0) is 30.0 Å². The molecule has 2 aliphatic rings. The van der Waals surface area contributed by atoms with E-state index in [4.69, 9.17) is 16.6 Å². The van der Waals surface area contributed by atoms with Gasteiger partial charge in [0.15, 0.2) is 17.4 Å². The predicted molar refractivity (Wildman–Crippen MR) is 105 cm³/mol. The number of rotatable bonds is 5. The molecule has 140 valence electrons. The van der Waals surface area contributed by atoms with Crippen molar-refractivity contribution in [2.24, 2.45) is 10.9 Å². The van der Waals surface area contributed by atoms with Crippen LogP contribution in [0.2, 0.25) is 5.02 Å². The van der Waals surface area contributed by atoms with Gasteiger partial charge in [-0.15, -0.1) is 0 Å². The molecule has 1 saturated heterocycles. The number of hydrogen-bond donors (Lipinski definition) is 1. The maximum Gasteiger partial charge on any atom is 0.325 e. The molecule has 0 spiro atoms. The molecular formula is C18H23ClN4O2S. The summed E-state index contributed by atoms with van der Waals surface area (Å²) >= 11 is 7.62. The zero-order chi connectivity index (χ0) is 18.8. The van der Waals surface area contributed by atoms with Crippen LogP contribution in [0.5, 0.6) is 0 Å².